The zero-order valence-electron chi connectivity index (χ0n) is 16.7. The van der Waals surface area contributed by atoms with Gasteiger partial charge < -0.3 is 14.5 Å². The summed E-state index contributed by atoms with van der Waals surface area (Å²) in [7, 11) is 0. The number of aromatic nitrogens is 4. The highest BCUT2D eigenvalue weighted by atomic mass is 32.1. The van der Waals surface area contributed by atoms with Crippen LogP contribution in [0.5, 0.6) is 0 Å². The number of carbonyl (C=O) groups is 1. The molecular formula is C20H21N7O3S. The van der Waals surface area contributed by atoms with Crippen molar-refractivity contribution in [1.29, 1.82) is 0 Å². The van der Waals surface area contributed by atoms with Crippen molar-refractivity contribution >= 4 is 35.0 Å². The highest BCUT2D eigenvalue weighted by Crippen LogP contribution is 2.17. The Morgan fingerprint density at radius 3 is 2.68 bits per heavy atom. The summed E-state index contributed by atoms with van der Waals surface area (Å²) in [4.78, 5) is 38.5. The zero-order valence-corrected chi connectivity index (χ0v) is 17.5. The van der Waals surface area contributed by atoms with Crippen molar-refractivity contribution in [2.75, 3.05) is 37.7 Å². The van der Waals surface area contributed by atoms with Gasteiger partial charge in [0.25, 0.3) is 17.2 Å². The van der Waals surface area contributed by atoms with E-state index in [0.29, 0.717) is 67.2 Å². The van der Waals surface area contributed by atoms with Crippen LogP contribution in [-0.4, -0.2) is 68.3 Å². The number of H-pyrrole nitrogens is 1. The fourth-order valence-electron chi connectivity index (χ4n) is 3.79. The molecule has 0 unspecified atom stereocenters. The molecule has 1 amide bonds. The van der Waals surface area contributed by atoms with Crippen LogP contribution in [0.2, 0.25) is 0 Å². The Bertz CT molecular complexity index is 1200. The fraction of sp³-hybridized carbons (Fsp3) is 0.350. The molecule has 0 saturated carbocycles. The van der Waals surface area contributed by atoms with Gasteiger partial charge in [-0.1, -0.05) is 18.2 Å². The SMILES string of the molecule is O=C(NC(=S)N1CCc2nc3nc(N4CCOCC4)[nH]n3c(=O)c2C1)c1ccccc1. The molecule has 2 aliphatic heterocycles. The number of thiocarbonyl (C=S) groups is 1. The molecule has 1 fully saturated rings. The molecule has 0 radical (unpaired) electrons. The van der Waals surface area contributed by atoms with E-state index in [0.717, 1.165) is 5.69 Å². The second-order valence-electron chi connectivity index (χ2n) is 7.42. The molecule has 0 atom stereocenters. The van der Waals surface area contributed by atoms with Crippen LogP contribution in [0.3, 0.4) is 0 Å². The molecular weight excluding hydrogens is 418 g/mol. The minimum absolute atomic E-state index is 0.200. The van der Waals surface area contributed by atoms with Crippen LogP contribution in [0.1, 0.15) is 21.6 Å². The first-order valence-electron chi connectivity index (χ1n) is 10.1. The lowest BCUT2D eigenvalue weighted by Gasteiger charge is -2.29. The lowest BCUT2D eigenvalue weighted by molar-refractivity contribution is 0.0972. The van der Waals surface area contributed by atoms with E-state index in [1.165, 1.54) is 4.52 Å². The second-order valence-corrected chi connectivity index (χ2v) is 7.81. The summed E-state index contributed by atoms with van der Waals surface area (Å²) < 4.78 is 6.75. The van der Waals surface area contributed by atoms with E-state index >= 15 is 0 Å². The number of nitrogens with one attached hydrogen (secondary N) is 2. The number of carbonyl (C=O) groups excluding carboxylic acids is 1. The van der Waals surface area contributed by atoms with Crippen molar-refractivity contribution < 1.29 is 9.53 Å². The number of nitrogens with zero attached hydrogens (tertiary/aromatic N) is 5. The topological polar surface area (TPSA) is 108 Å². The molecule has 0 spiro atoms. The number of morpholine rings is 1. The van der Waals surface area contributed by atoms with Gasteiger partial charge in [-0.05, 0) is 24.4 Å². The van der Waals surface area contributed by atoms with Gasteiger partial charge in [-0.2, -0.15) is 9.50 Å². The fourth-order valence-corrected chi connectivity index (χ4v) is 4.04. The van der Waals surface area contributed by atoms with Crippen molar-refractivity contribution in [3.05, 3.63) is 57.5 Å². The van der Waals surface area contributed by atoms with Crippen LogP contribution < -0.4 is 15.8 Å². The number of rotatable bonds is 2. The van der Waals surface area contributed by atoms with Gasteiger partial charge >= 0.3 is 0 Å². The molecule has 10 nitrogen and oxygen atoms in total. The highest BCUT2D eigenvalue weighted by Gasteiger charge is 2.26. The van der Waals surface area contributed by atoms with Gasteiger partial charge in [-0.25, -0.2) is 4.98 Å². The molecule has 0 aliphatic carbocycles. The largest absolute Gasteiger partial charge is 0.378 e. The van der Waals surface area contributed by atoms with E-state index in [9.17, 15) is 9.59 Å². The van der Waals surface area contributed by atoms with Crippen LogP contribution in [0.25, 0.3) is 5.78 Å². The highest BCUT2D eigenvalue weighted by molar-refractivity contribution is 7.80. The molecule has 1 aromatic carbocycles. The van der Waals surface area contributed by atoms with E-state index in [2.05, 4.69) is 20.4 Å². The average molecular weight is 440 g/mol. The molecule has 11 heteroatoms. The molecule has 2 N–H and O–H groups in total. The number of hydrogen-bond acceptors (Lipinski definition) is 7. The van der Waals surface area contributed by atoms with Gasteiger partial charge in [-0.3, -0.25) is 20.0 Å². The normalized spacial score (nSPS) is 16.3. The molecule has 5 rings (SSSR count). The predicted molar refractivity (Wildman–Crippen MR) is 117 cm³/mol. The van der Waals surface area contributed by atoms with Crippen molar-refractivity contribution in [3.63, 3.8) is 0 Å². The molecule has 1 saturated heterocycles. The van der Waals surface area contributed by atoms with E-state index in [-0.39, 0.29) is 18.0 Å². The number of hydrogen-bond donors (Lipinski definition) is 2. The van der Waals surface area contributed by atoms with Crippen molar-refractivity contribution in [3.8, 4) is 0 Å². The van der Waals surface area contributed by atoms with Crippen molar-refractivity contribution in [2.45, 2.75) is 13.0 Å². The van der Waals surface area contributed by atoms with Gasteiger partial charge in [0, 0.05) is 31.6 Å². The third kappa shape index (κ3) is 3.77. The van der Waals surface area contributed by atoms with E-state index < -0.39 is 0 Å². The Hall–Kier alpha value is -3.31. The predicted octanol–water partition coefficient (Wildman–Crippen LogP) is 0.327. The maximum atomic E-state index is 13.1. The van der Waals surface area contributed by atoms with Gasteiger partial charge in [0.15, 0.2) is 5.11 Å². The van der Waals surface area contributed by atoms with Crippen LogP contribution in [0.4, 0.5) is 5.95 Å². The number of ether oxygens (including phenoxy) is 1. The zero-order chi connectivity index (χ0) is 21.4. The van der Waals surface area contributed by atoms with Gasteiger partial charge in [0.05, 0.1) is 31.0 Å². The molecule has 3 aromatic rings. The number of amides is 1. The molecule has 2 aromatic heterocycles. The third-order valence-electron chi connectivity index (χ3n) is 5.48. The van der Waals surface area contributed by atoms with Crippen LogP contribution in [-0.2, 0) is 17.7 Å². The second kappa shape index (κ2) is 8.08. The Labute approximate surface area is 182 Å². The van der Waals surface area contributed by atoms with E-state index in [1.807, 2.05) is 15.9 Å². The first-order valence-corrected chi connectivity index (χ1v) is 10.5. The third-order valence-corrected chi connectivity index (χ3v) is 5.84. The van der Waals surface area contributed by atoms with Gasteiger partial charge in [-0.15, -0.1) is 0 Å². The molecule has 31 heavy (non-hydrogen) atoms. The Balaban J connectivity index is 1.37. The summed E-state index contributed by atoms with van der Waals surface area (Å²) in [6, 6.07) is 8.88. The summed E-state index contributed by atoms with van der Waals surface area (Å²) in [5.41, 5.74) is 1.60. The summed E-state index contributed by atoms with van der Waals surface area (Å²) in [6.07, 6.45) is 0.544. The molecule has 2 aliphatic rings. The summed E-state index contributed by atoms with van der Waals surface area (Å²) >= 11 is 5.43. The molecule has 160 valence electrons. The number of benzene rings is 1. The quantitative estimate of drug-likeness (QED) is 0.550. The maximum absolute atomic E-state index is 13.1. The maximum Gasteiger partial charge on any atom is 0.279 e. The van der Waals surface area contributed by atoms with Crippen LogP contribution >= 0.6 is 12.2 Å². The molecule has 4 heterocycles. The number of anilines is 1. The Morgan fingerprint density at radius 1 is 1.13 bits per heavy atom. The summed E-state index contributed by atoms with van der Waals surface area (Å²) in [5, 5.41) is 6.11. The first-order chi connectivity index (χ1) is 15.1. The minimum atomic E-state index is -0.273. The molecule has 0 bridgehead atoms. The average Bonchev–Trinajstić information content (AvgIpc) is 3.24. The first kappa shape index (κ1) is 19.6. The monoisotopic (exact) mass is 439 g/mol. The smallest absolute Gasteiger partial charge is 0.279 e. The lowest BCUT2D eigenvalue weighted by Crippen LogP contribution is -2.46. The number of aromatic amines is 1. The lowest BCUT2D eigenvalue weighted by atomic mass is 10.1. The Morgan fingerprint density at radius 2 is 1.90 bits per heavy atom. The van der Waals surface area contributed by atoms with Crippen molar-refractivity contribution in [2.24, 2.45) is 0 Å². The number of fused-ring (bicyclic) bond motifs is 2. The van der Waals surface area contributed by atoms with E-state index in [1.54, 1.807) is 24.3 Å². The Kier molecular flexibility index (Phi) is 5.12. The van der Waals surface area contributed by atoms with Crippen LogP contribution in [0.15, 0.2) is 35.1 Å². The van der Waals surface area contributed by atoms with Gasteiger partial charge in [0.1, 0.15) is 0 Å². The van der Waals surface area contributed by atoms with Gasteiger partial charge in [0.2, 0.25) is 5.95 Å². The summed E-state index contributed by atoms with van der Waals surface area (Å²) in [6.45, 7) is 3.50. The summed E-state index contributed by atoms with van der Waals surface area (Å²) in [5.74, 6) is 0.696. The standard InChI is InChI=1S/C20H21N7O3S/c28-16(13-4-2-1-3-5-13)22-20(31)26-7-6-15-14(12-26)17(29)27-18(21-15)23-19(24-27)25-8-10-30-11-9-25/h1-5H,6-12H2,(H,21,23,24)(H,22,28,31). The van der Waals surface area contributed by atoms with Crippen molar-refractivity contribution in [1.82, 2.24) is 29.8 Å². The van der Waals surface area contributed by atoms with Crippen LogP contribution in [0, 0.1) is 0 Å². The van der Waals surface area contributed by atoms with E-state index in [4.69, 9.17) is 17.0 Å². The minimum Gasteiger partial charge on any atom is -0.378 e.